The van der Waals surface area contributed by atoms with Gasteiger partial charge in [0.25, 0.3) is 5.56 Å². The Hall–Kier alpha value is -3.61. The molecule has 1 N–H and O–H groups in total. The number of hydrogen-bond acceptors (Lipinski definition) is 6. The zero-order chi connectivity index (χ0) is 23.8. The summed E-state index contributed by atoms with van der Waals surface area (Å²) in [5, 5.41) is 22.9. The van der Waals surface area contributed by atoms with Gasteiger partial charge in [0.15, 0.2) is 17.3 Å². The maximum atomic E-state index is 13.6. The number of aromatic nitrogens is 3. The molecule has 2 aromatic heterocycles. The monoisotopic (exact) mass is 458 g/mol. The molecule has 172 valence electrons. The number of nitrogens with zero attached hydrogens (tertiary/aromatic N) is 4. The van der Waals surface area contributed by atoms with Gasteiger partial charge in [-0.25, -0.2) is 18.2 Å². The lowest BCUT2D eigenvalue weighted by Gasteiger charge is -2.20. The van der Waals surface area contributed by atoms with Gasteiger partial charge < -0.3 is 9.63 Å². The second kappa shape index (κ2) is 8.73. The van der Waals surface area contributed by atoms with Crippen LogP contribution in [-0.4, -0.2) is 25.7 Å². The molecule has 0 bridgehead atoms. The van der Waals surface area contributed by atoms with Crippen LogP contribution >= 0.6 is 0 Å². The van der Waals surface area contributed by atoms with E-state index in [4.69, 9.17) is 4.52 Å². The predicted octanol–water partition coefficient (Wildman–Crippen LogP) is 4.13. The average Bonchev–Trinajstić information content (AvgIpc) is 3.24. The number of benzene rings is 1. The van der Waals surface area contributed by atoms with Gasteiger partial charge in [0.1, 0.15) is 17.6 Å². The number of phenols is 1. The summed E-state index contributed by atoms with van der Waals surface area (Å²) in [4.78, 5) is 17.7. The van der Waals surface area contributed by atoms with E-state index in [1.54, 1.807) is 0 Å². The number of rotatable bonds is 6. The second-order valence-corrected chi connectivity index (χ2v) is 8.27. The Kier molecular flexibility index (Phi) is 5.97. The summed E-state index contributed by atoms with van der Waals surface area (Å²) in [5.74, 6) is -4.15. The second-order valence-electron chi connectivity index (χ2n) is 8.27. The molecule has 0 atom stereocenters. The molecule has 0 radical (unpaired) electrons. The number of phenolic OH excluding ortho intramolecular Hbond substituents is 1. The van der Waals surface area contributed by atoms with Crippen molar-refractivity contribution < 1.29 is 22.8 Å². The molecule has 0 unspecified atom stereocenters. The topological polar surface area (TPSA) is 105 Å². The van der Waals surface area contributed by atoms with Crippen molar-refractivity contribution in [1.29, 1.82) is 5.26 Å². The standard InChI is InChI=1S/C23H21F3N4O3/c1-23(25,26)7-6-21-28-18-5-3-2-4-15(18)22(32)30(21)12-14-9-20(33-29-14)16-10-19(31)17(24)8-13(16)11-27/h8-10,31H,2-7,12H2,1H3. The van der Waals surface area contributed by atoms with Crippen molar-refractivity contribution in [3.8, 4) is 23.1 Å². The van der Waals surface area contributed by atoms with E-state index in [9.17, 15) is 28.3 Å². The molecule has 0 aliphatic heterocycles. The molecule has 0 saturated carbocycles. The average molecular weight is 458 g/mol. The highest BCUT2D eigenvalue weighted by Gasteiger charge is 2.25. The summed E-state index contributed by atoms with van der Waals surface area (Å²) < 4.78 is 47.2. The fourth-order valence-corrected chi connectivity index (χ4v) is 3.96. The first-order valence-corrected chi connectivity index (χ1v) is 10.5. The molecular weight excluding hydrogens is 437 g/mol. The molecule has 1 aliphatic carbocycles. The minimum atomic E-state index is -2.90. The van der Waals surface area contributed by atoms with Crippen LogP contribution in [0.25, 0.3) is 11.3 Å². The number of aryl methyl sites for hydroxylation is 2. The molecule has 10 heteroatoms. The van der Waals surface area contributed by atoms with Crippen LogP contribution in [0, 0.1) is 17.1 Å². The van der Waals surface area contributed by atoms with Gasteiger partial charge in [0.05, 0.1) is 17.8 Å². The summed E-state index contributed by atoms with van der Waals surface area (Å²) in [6.07, 6.45) is 2.43. The van der Waals surface area contributed by atoms with Crippen molar-refractivity contribution in [3.63, 3.8) is 0 Å². The molecule has 1 aliphatic rings. The SMILES string of the molecule is CC(F)(F)CCc1nc2c(c(=O)n1Cc1cc(-c3cc(O)c(F)cc3C#N)on1)CCCC2. The lowest BCUT2D eigenvalue weighted by atomic mass is 9.97. The maximum absolute atomic E-state index is 13.6. The van der Waals surface area contributed by atoms with E-state index in [1.807, 2.05) is 6.07 Å². The van der Waals surface area contributed by atoms with Crippen molar-refractivity contribution in [2.45, 2.75) is 57.9 Å². The number of halogens is 3. The number of nitriles is 1. The summed E-state index contributed by atoms with van der Waals surface area (Å²) in [5.41, 5.74) is 1.34. The molecule has 0 saturated heterocycles. The van der Waals surface area contributed by atoms with Crippen LogP contribution in [0.2, 0.25) is 0 Å². The van der Waals surface area contributed by atoms with Gasteiger partial charge in [0, 0.05) is 30.0 Å². The quantitative estimate of drug-likeness (QED) is 0.596. The number of hydrogen-bond donors (Lipinski definition) is 1. The molecule has 3 aromatic rings. The van der Waals surface area contributed by atoms with Gasteiger partial charge in [-0.3, -0.25) is 9.36 Å². The third-order valence-electron chi connectivity index (χ3n) is 5.66. The van der Waals surface area contributed by atoms with E-state index in [1.165, 1.54) is 10.6 Å². The Morgan fingerprint density at radius 1 is 1.27 bits per heavy atom. The summed E-state index contributed by atoms with van der Waals surface area (Å²) in [7, 11) is 0. The highest BCUT2D eigenvalue weighted by molar-refractivity contribution is 5.68. The number of fused-ring (bicyclic) bond motifs is 1. The molecule has 0 fully saturated rings. The molecule has 7 nitrogen and oxygen atoms in total. The fraction of sp³-hybridized carbons (Fsp3) is 0.391. The first kappa shape index (κ1) is 22.6. The van der Waals surface area contributed by atoms with Crippen LogP contribution in [0.3, 0.4) is 0 Å². The van der Waals surface area contributed by atoms with Crippen molar-refractivity contribution >= 4 is 0 Å². The Balaban J connectivity index is 1.71. The van der Waals surface area contributed by atoms with E-state index < -0.39 is 23.9 Å². The van der Waals surface area contributed by atoms with Crippen LogP contribution in [0.15, 0.2) is 27.5 Å². The lowest BCUT2D eigenvalue weighted by molar-refractivity contribution is 0.0125. The highest BCUT2D eigenvalue weighted by atomic mass is 19.3. The molecule has 2 heterocycles. The van der Waals surface area contributed by atoms with Gasteiger partial charge in [-0.1, -0.05) is 5.16 Å². The minimum Gasteiger partial charge on any atom is -0.505 e. The third-order valence-corrected chi connectivity index (χ3v) is 5.66. The van der Waals surface area contributed by atoms with Crippen LogP contribution in [-0.2, 0) is 25.8 Å². The normalized spacial score (nSPS) is 13.5. The van der Waals surface area contributed by atoms with Crippen LogP contribution in [0.5, 0.6) is 5.75 Å². The largest absolute Gasteiger partial charge is 0.505 e. The van der Waals surface area contributed by atoms with Gasteiger partial charge in [0.2, 0.25) is 5.92 Å². The van der Waals surface area contributed by atoms with Crippen molar-refractivity contribution in [2.75, 3.05) is 0 Å². The number of aromatic hydroxyl groups is 1. The Labute approximate surface area is 187 Å². The highest BCUT2D eigenvalue weighted by Crippen LogP contribution is 2.30. The smallest absolute Gasteiger partial charge is 0.257 e. The van der Waals surface area contributed by atoms with E-state index in [0.717, 1.165) is 31.9 Å². The van der Waals surface area contributed by atoms with Crippen LogP contribution < -0.4 is 5.56 Å². The van der Waals surface area contributed by atoms with Gasteiger partial charge in [-0.2, -0.15) is 5.26 Å². The first-order valence-electron chi connectivity index (χ1n) is 10.5. The van der Waals surface area contributed by atoms with E-state index >= 15 is 0 Å². The Morgan fingerprint density at radius 2 is 2.03 bits per heavy atom. The van der Waals surface area contributed by atoms with Crippen molar-refractivity contribution in [1.82, 2.24) is 14.7 Å². The van der Waals surface area contributed by atoms with E-state index in [-0.39, 0.29) is 41.2 Å². The van der Waals surface area contributed by atoms with Crippen LogP contribution in [0.1, 0.15) is 54.5 Å². The Morgan fingerprint density at radius 3 is 2.76 bits per heavy atom. The fourth-order valence-electron chi connectivity index (χ4n) is 3.96. The number of alkyl halides is 2. The van der Waals surface area contributed by atoms with Crippen molar-refractivity contribution in [2.24, 2.45) is 0 Å². The summed E-state index contributed by atoms with van der Waals surface area (Å²) >= 11 is 0. The van der Waals surface area contributed by atoms with Crippen LogP contribution in [0.4, 0.5) is 13.2 Å². The zero-order valence-corrected chi connectivity index (χ0v) is 17.9. The molecule has 4 rings (SSSR count). The summed E-state index contributed by atoms with van der Waals surface area (Å²) in [6.45, 7) is 0.755. The minimum absolute atomic E-state index is 0.0634. The van der Waals surface area contributed by atoms with Gasteiger partial charge in [-0.15, -0.1) is 0 Å². The van der Waals surface area contributed by atoms with E-state index in [0.29, 0.717) is 29.8 Å². The van der Waals surface area contributed by atoms with Gasteiger partial charge in [-0.05, 0) is 44.7 Å². The van der Waals surface area contributed by atoms with E-state index in [2.05, 4.69) is 10.1 Å². The molecule has 1 aromatic carbocycles. The lowest BCUT2D eigenvalue weighted by Crippen LogP contribution is -2.32. The predicted molar refractivity (Wildman–Crippen MR) is 111 cm³/mol. The Bertz CT molecular complexity index is 1300. The third kappa shape index (κ3) is 4.77. The summed E-state index contributed by atoms with van der Waals surface area (Å²) in [6, 6.07) is 5.22. The zero-order valence-electron chi connectivity index (χ0n) is 17.9. The molecular formula is C23H21F3N4O3. The molecule has 33 heavy (non-hydrogen) atoms. The molecule has 0 spiro atoms. The molecule has 0 amide bonds. The van der Waals surface area contributed by atoms with Gasteiger partial charge >= 0.3 is 0 Å². The maximum Gasteiger partial charge on any atom is 0.257 e. The van der Waals surface area contributed by atoms with Crippen molar-refractivity contribution in [3.05, 3.63) is 62.7 Å². The first-order chi connectivity index (χ1) is 15.7.